The molecule has 1 amide bonds. The molecule has 0 N–H and O–H groups in total. The van der Waals surface area contributed by atoms with Gasteiger partial charge in [0, 0.05) is 24.9 Å². The van der Waals surface area contributed by atoms with Gasteiger partial charge in [-0.1, -0.05) is 12.1 Å². The molecule has 2 heterocycles. The minimum atomic E-state index is -0.668. The molecule has 3 rings (SSSR count). The fourth-order valence-electron chi connectivity index (χ4n) is 3.30. The van der Waals surface area contributed by atoms with Gasteiger partial charge in [0.15, 0.2) is 0 Å². The maximum absolute atomic E-state index is 12.6. The zero-order valence-electron chi connectivity index (χ0n) is 16.1. The van der Waals surface area contributed by atoms with Crippen LogP contribution in [-0.4, -0.2) is 38.6 Å². The van der Waals surface area contributed by atoms with Crippen molar-refractivity contribution in [2.24, 2.45) is 0 Å². The van der Waals surface area contributed by atoms with E-state index >= 15 is 0 Å². The maximum atomic E-state index is 12.6. The molecule has 0 radical (unpaired) electrons. The number of esters is 2. The number of amides is 1. The van der Waals surface area contributed by atoms with E-state index in [9.17, 15) is 14.4 Å². The molecule has 0 atom stereocenters. The van der Waals surface area contributed by atoms with Crippen molar-refractivity contribution >= 4 is 29.2 Å². The second-order valence-corrected chi connectivity index (χ2v) is 6.44. The third kappa shape index (κ3) is 3.55. The summed E-state index contributed by atoms with van der Waals surface area (Å²) in [5, 5.41) is 0. The van der Waals surface area contributed by atoms with Crippen LogP contribution in [0.5, 0.6) is 0 Å². The Kier molecular flexibility index (Phi) is 5.63. The molecule has 7 heteroatoms. The molecule has 1 aromatic carbocycles. The van der Waals surface area contributed by atoms with Gasteiger partial charge in [-0.3, -0.25) is 4.79 Å². The van der Waals surface area contributed by atoms with Crippen LogP contribution in [0.4, 0.5) is 11.4 Å². The first-order chi connectivity index (χ1) is 13.5. The molecular formula is C21H22N2O5. The summed E-state index contributed by atoms with van der Waals surface area (Å²) in [6.07, 6.45) is 7.89. The van der Waals surface area contributed by atoms with E-state index in [1.54, 1.807) is 28.2 Å². The highest BCUT2D eigenvalue weighted by molar-refractivity contribution is 6.06. The molecule has 146 valence electrons. The number of benzene rings is 1. The molecule has 1 fully saturated rings. The molecule has 0 spiro atoms. The predicted octanol–water partition coefficient (Wildman–Crippen LogP) is 2.61. The van der Waals surface area contributed by atoms with E-state index in [1.165, 1.54) is 20.3 Å². The fraction of sp³-hybridized carbons (Fsp3) is 0.286. The average Bonchev–Trinajstić information content (AvgIpc) is 3.01. The van der Waals surface area contributed by atoms with Gasteiger partial charge < -0.3 is 19.3 Å². The highest BCUT2D eigenvalue weighted by atomic mass is 16.5. The molecule has 28 heavy (non-hydrogen) atoms. The quantitative estimate of drug-likeness (QED) is 0.745. The lowest BCUT2D eigenvalue weighted by Crippen LogP contribution is -2.28. The molecule has 2 aliphatic rings. The van der Waals surface area contributed by atoms with Crippen LogP contribution in [0, 0.1) is 6.92 Å². The first-order valence-electron chi connectivity index (χ1n) is 8.94. The Hall–Kier alpha value is -3.35. The fourth-order valence-corrected chi connectivity index (χ4v) is 3.30. The van der Waals surface area contributed by atoms with Gasteiger partial charge in [-0.2, -0.15) is 0 Å². The van der Waals surface area contributed by atoms with Gasteiger partial charge in [-0.15, -0.1) is 0 Å². The van der Waals surface area contributed by atoms with E-state index in [-0.39, 0.29) is 17.2 Å². The normalized spacial score (nSPS) is 16.5. The zero-order valence-corrected chi connectivity index (χ0v) is 16.1. The molecule has 0 bridgehead atoms. The molecule has 0 saturated carbocycles. The summed E-state index contributed by atoms with van der Waals surface area (Å²) in [6, 6.07) is 5.60. The van der Waals surface area contributed by atoms with E-state index < -0.39 is 11.9 Å². The van der Waals surface area contributed by atoms with Crippen molar-refractivity contribution in [3.8, 4) is 0 Å². The third-order valence-corrected chi connectivity index (χ3v) is 4.73. The highest BCUT2D eigenvalue weighted by Crippen LogP contribution is 2.33. The van der Waals surface area contributed by atoms with E-state index in [0.717, 1.165) is 17.7 Å². The number of methoxy groups -OCH3 is 2. The third-order valence-electron chi connectivity index (χ3n) is 4.73. The summed E-state index contributed by atoms with van der Waals surface area (Å²) in [7, 11) is 2.51. The first kappa shape index (κ1) is 19.4. The summed E-state index contributed by atoms with van der Waals surface area (Å²) in [6.45, 7) is 2.55. The largest absolute Gasteiger partial charge is 0.465 e. The van der Waals surface area contributed by atoms with E-state index in [0.29, 0.717) is 18.7 Å². The summed E-state index contributed by atoms with van der Waals surface area (Å²) >= 11 is 0. The molecule has 0 aromatic heterocycles. The lowest BCUT2D eigenvalue weighted by atomic mass is 10.1. The van der Waals surface area contributed by atoms with Crippen LogP contribution in [0.2, 0.25) is 0 Å². The first-order valence-corrected chi connectivity index (χ1v) is 8.94. The van der Waals surface area contributed by atoms with Crippen LogP contribution in [-0.2, 0) is 23.9 Å². The topological polar surface area (TPSA) is 76.2 Å². The van der Waals surface area contributed by atoms with Crippen LogP contribution in [0.25, 0.3) is 0 Å². The SMILES string of the molecule is COC(=O)C1=C(C(=O)OC)N(c2cc(N3CCCC3=O)ccc2C)C=CC=C1. The van der Waals surface area contributed by atoms with Gasteiger partial charge in [0.2, 0.25) is 5.91 Å². The molecule has 1 aromatic rings. The highest BCUT2D eigenvalue weighted by Gasteiger charge is 2.29. The standard InChI is InChI=1S/C21H22N2O5/c1-14-9-10-15(22-12-6-8-18(22)24)13-17(14)23-11-5-4-7-16(20(25)27-2)19(23)21(26)28-3/h4-5,7,9-11,13H,6,8,12H2,1-3H3. The van der Waals surface area contributed by atoms with Crippen LogP contribution in [0.1, 0.15) is 18.4 Å². The predicted molar refractivity (Wildman–Crippen MR) is 105 cm³/mol. The summed E-state index contributed by atoms with van der Waals surface area (Å²) in [5.41, 5.74) is 2.41. The van der Waals surface area contributed by atoms with Crippen LogP contribution < -0.4 is 9.80 Å². The number of carbonyl (C=O) groups is 3. The maximum Gasteiger partial charge on any atom is 0.355 e. The Labute approximate surface area is 163 Å². The number of hydrogen-bond donors (Lipinski definition) is 0. The van der Waals surface area contributed by atoms with Gasteiger partial charge in [0.05, 0.1) is 25.5 Å². The van der Waals surface area contributed by atoms with E-state index in [1.807, 2.05) is 25.1 Å². The number of nitrogens with zero attached hydrogens (tertiary/aromatic N) is 2. The number of aryl methyl sites for hydroxylation is 1. The molecule has 2 aliphatic heterocycles. The van der Waals surface area contributed by atoms with Gasteiger partial charge in [0.25, 0.3) is 0 Å². The smallest absolute Gasteiger partial charge is 0.355 e. The van der Waals surface area contributed by atoms with Crippen LogP contribution in [0.3, 0.4) is 0 Å². The lowest BCUT2D eigenvalue weighted by molar-refractivity contribution is -0.139. The van der Waals surface area contributed by atoms with Crippen LogP contribution in [0.15, 0.2) is 53.9 Å². The van der Waals surface area contributed by atoms with Crippen molar-refractivity contribution < 1.29 is 23.9 Å². The van der Waals surface area contributed by atoms with Crippen molar-refractivity contribution in [1.82, 2.24) is 0 Å². The molecule has 1 saturated heterocycles. The number of allylic oxidation sites excluding steroid dienone is 2. The Balaban J connectivity index is 2.15. The summed E-state index contributed by atoms with van der Waals surface area (Å²) in [4.78, 5) is 40.3. The van der Waals surface area contributed by atoms with Crippen molar-refractivity contribution in [2.75, 3.05) is 30.6 Å². The van der Waals surface area contributed by atoms with Crippen LogP contribution >= 0.6 is 0 Å². The van der Waals surface area contributed by atoms with E-state index in [2.05, 4.69) is 0 Å². The van der Waals surface area contributed by atoms with Gasteiger partial charge >= 0.3 is 11.9 Å². The van der Waals surface area contributed by atoms with Gasteiger partial charge in [-0.25, -0.2) is 9.59 Å². The Morgan fingerprint density at radius 2 is 1.82 bits per heavy atom. The number of rotatable bonds is 4. The van der Waals surface area contributed by atoms with Gasteiger partial charge in [0.1, 0.15) is 5.70 Å². The molecule has 0 aliphatic carbocycles. The minimum Gasteiger partial charge on any atom is -0.465 e. The Bertz CT molecular complexity index is 913. The van der Waals surface area contributed by atoms with Crippen molar-refractivity contribution in [3.63, 3.8) is 0 Å². The van der Waals surface area contributed by atoms with E-state index in [4.69, 9.17) is 9.47 Å². The second-order valence-electron chi connectivity index (χ2n) is 6.44. The number of ether oxygens (including phenoxy) is 2. The number of hydrogen-bond acceptors (Lipinski definition) is 6. The molecular weight excluding hydrogens is 360 g/mol. The Morgan fingerprint density at radius 3 is 2.46 bits per heavy atom. The monoisotopic (exact) mass is 382 g/mol. The van der Waals surface area contributed by atoms with Crippen molar-refractivity contribution in [3.05, 3.63) is 59.5 Å². The summed E-state index contributed by atoms with van der Waals surface area (Å²) in [5.74, 6) is -1.24. The van der Waals surface area contributed by atoms with Crippen molar-refractivity contribution in [2.45, 2.75) is 19.8 Å². The van der Waals surface area contributed by atoms with Crippen molar-refractivity contribution in [1.29, 1.82) is 0 Å². The Morgan fingerprint density at radius 1 is 1.07 bits per heavy atom. The second kappa shape index (κ2) is 8.12. The molecule has 0 unspecified atom stereocenters. The lowest BCUT2D eigenvalue weighted by Gasteiger charge is -2.26. The average molecular weight is 382 g/mol. The minimum absolute atomic E-state index is 0.0485. The number of anilines is 2. The number of carbonyl (C=O) groups excluding carboxylic acids is 3. The zero-order chi connectivity index (χ0) is 20.3. The summed E-state index contributed by atoms with van der Waals surface area (Å²) < 4.78 is 9.77. The molecule has 7 nitrogen and oxygen atoms in total. The van der Waals surface area contributed by atoms with Gasteiger partial charge in [-0.05, 0) is 43.2 Å².